The molecular weight excluding hydrogens is 228 g/mol. The Morgan fingerprint density at radius 3 is 2.08 bits per heavy atom. The van der Waals surface area contributed by atoms with Gasteiger partial charge in [-0.2, -0.15) is 0 Å². The Balaban J connectivity index is 3.08. The van der Waals surface area contributed by atoms with Crippen LogP contribution in [0.15, 0.2) is 28.7 Å². The number of hydrogen-bond acceptors (Lipinski definition) is 1. The molecule has 1 rings (SSSR count). The fourth-order valence-corrected chi connectivity index (χ4v) is 1.33. The van der Waals surface area contributed by atoms with Crippen molar-refractivity contribution in [2.24, 2.45) is 0 Å². The van der Waals surface area contributed by atoms with Gasteiger partial charge in [-0.25, -0.2) is 0 Å². The predicted octanol–water partition coefficient (Wildman–Crippen LogP) is 3.32. The van der Waals surface area contributed by atoms with Crippen LogP contribution in [0, 0.1) is 0 Å². The highest BCUT2D eigenvalue weighted by molar-refractivity contribution is 9.10. The number of halogens is 1. The van der Waals surface area contributed by atoms with Crippen molar-refractivity contribution in [2.45, 2.75) is 26.2 Å². The minimum absolute atomic E-state index is 0.190. The van der Waals surface area contributed by atoms with Crippen molar-refractivity contribution >= 4 is 21.7 Å². The standard InChI is InChI=1S/C11H13BrO/c1-8(13)11(2,3)9-4-6-10(12)7-5-9/h4-7H,1-3H3. The van der Waals surface area contributed by atoms with Gasteiger partial charge in [-0.05, 0) is 38.5 Å². The number of benzene rings is 1. The van der Waals surface area contributed by atoms with Gasteiger partial charge in [0.2, 0.25) is 0 Å². The maximum Gasteiger partial charge on any atom is 0.139 e. The Bertz CT molecular complexity index is 311. The van der Waals surface area contributed by atoms with Gasteiger partial charge in [-0.3, -0.25) is 4.79 Å². The van der Waals surface area contributed by atoms with Crippen LogP contribution in [0.3, 0.4) is 0 Å². The highest BCUT2D eigenvalue weighted by Gasteiger charge is 2.25. The van der Waals surface area contributed by atoms with Crippen molar-refractivity contribution in [3.05, 3.63) is 34.3 Å². The first-order chi connectivity index (χ1) is 5.94. The molecule has 0 radical (unpaired) electrons. The van der Waals surface area contributed by atoms with Gasteiger partial charge in [0.05, 0.1) is 0 Å². The lowest BCUT2D eigenvalue weighted by Crippen LogP contribution is -2.26. The lowest BCUT2D eigenvalue weighted by Gasteiger charge is -2.21. The van der Waals surface area contributed by atoms with Gasteiger partial charge >= 0.3 is 0 Å². The van der Waals surface area contributed by atoms with E-state index in [1.165, 1.54) is 0 Å². The minimum atomic E-state index is -0.374. The molecule has 70 valence electrons. The predicted molar refractivity (Wildman–Crippen MR) is 57.8 cm³/mol. The molecule has 13 heavy (non-hydrogen) atoms. The fourth-order valence-electron chi connectivity index (χ4n) is 1.07. The average Bonchev–Trinajstić information content (AvgIpc) is 2.04. The summed E-state index contributed by atoms with van der Waals surface area (Å²) in [6, 6.07) is 7.87. The number of Topliss-reactive ketones (excluding diaryl/α,β-unsaturated/α-hetero) is 1. The molecule has 1 aromatic rings. The first kappa shape index (κ1) is 10.5. The molecular formula is C11H13BrO. The molecule has 0 heterocycles. The summed E-state index contributed by atoms with van der Waals surface area (Å²) >= 11 is 3.36. The third-order valence-corrected chi connectivity index (χ3v) is 2.97. The van der Waals surface area contributed by atoms with Crippen LogP contribution in [-0.2, 0) is 10.2 Å². The van der Waals surface area contributed by atoms with E-state index in [4.69, 9.17) is 0 Å². The molecule has 0 bridgehead atoms. The van der Waals surface area contributed by atoms with E-state index in [1.54, 1.807) is 6.92 Å². The van der Waals surface area contributed by atoms with E-state index >= 15 is 0 Å². The Morgan fingerprint density at radius 1 is 1.23 bits per heavy atom. The van der Waals surface area contributed by atoms with Gasteiger partial charge < -0.3 is 0 Å². The molecule has 0 aromatic heterocycles. The summed E-state index contributed by atoms with van der Waals surface area (Å²) in [6.45, 7) is 5.51. The van der Waals surface area contributed by atoms with E-state index in [1.807, 2.05) is 38.1 Å². The van der Waals surface area contributed by atoms with Crippen LogP contribution in [0.4, 0.5) is 0 Å². The molecule has 0 spiro atoms. The minimum Gasteiger partial charge on any atom is -0.299 e. The molecule has 0 unspecified atom stereocenters. The van der Waals surface area contributed by atoms with Gasteiger partial charge in [0, 0.05) is 9.89 Å². The highest BCUT2D eigenvalue weighted by Crippen LogP contribution is 2.25. The zero-order valence-corrected chi connectivity index (χ0v) is 9.68. The lowest BCUT2D eigenvalue weighted by atomic mass is 9.81. The number of carbonyl (C=O) groups excluding carboxylic acids is 1. The van der Waals surface area contributed by atoms with Gasteiger partial charge in [0.25, 0.3) is 0 Å². The van der Waals surface area contributed by atoms with Crippen molar-refractivity contribution in [1.29, 1.82) is 0 Å². The molecule has 2 heteroatoms. The van der Waals surface area contributed by atoms with Crippen LogP contribution < -0.4 is 0 Å². The van der Waals surface area contributed by atoms with E-state index in [0.717, 1.165) is 10.0 Å². The zero-order chi connectivity index (χ0) is 10.1. The molecule has 1 aromatic carbocycles. The highest BCUT2D eigenvalue weighted by atomic mass is 79.9. The summed E-state index contributed by atoms with van der Waals surface area (Å²) in [5.74, 6) is 0.190. The van der Waals surface area contributed by atoms with E-state index in [9.17, 15) is 4.79 Å². The molecule has 0 aliphatic heterocycles. The second-order valence-electron chi connectivity index (χ2n) is 3.69. The summed E-state index contributed by atoms with van der Waals surface area (Å²) in [5, 5.41) is 0. The van der Waals surface area contributed by atoms with Crippen molar-refractivity contribution in [3.8, 4) is 0 Å². The average molecular weight is 241 g/mol. The number of carbonyl (C=O) groups is 1. The summed E-state index contributed by atoms with van der Waals surface area (Å²) in [6.07, 6.45) is 0. The molecule has 0 N–H and O–H groups in total. The van der Waals surface area contributed by atoms with Gasteiger partial charge in [-0.1, -0.05) is 28.1 Å². The van der Waals surface area contributed by atoms with Crippen LogP contribution >= 0.6 is 15.9 Å². The maximum absolute atomic E-state index is 11.3. The lowest BCUT2D eigenvalue weighted by molar-refractivity contribution is -0.121. The molecule has 0 fully saturated rings. The number of rotatable bonds is 2. The zero-order valence-electron chi connectivity index (χ0n) is 8.10. The SMILES string of the molecule is CC(=O)C(C)(C)c1ccc(Br)cc1. The molecule has 0 aliphatic rings. The molecule has 0 aliphatic carbocycles. The van der Waals surface area contributed by atoms with Crippen LogP contribution in [0.5, 0.6) is 0 Å². The quantitative estimate of drug-likeness (QED) is 0.776. The molecule has 1 nitrogen and oxygen atoms in total. The Labute approximate surface area is 87.3 Å². The third-order valence-electron chi connectivity index (χ3n) is 2.45. The van der Waals surface area contributed by atoms with Gasteiger partial charge in [-0.15, -0.1) is 0 Å². The number of ketones is 1. The summed E-state index contributed by atoms with van der Waals surface area (Å²) in [4.78, 5) is 11.3. The first-order valence-electron chi connectivity index (χ1n) is 4.21. The summed E-state index contributed by atoms with van der Waals surface area (Å²) in [5.41, 5.74) is 0.684. The smallest absolute Gasteiger partial charge is 0.139 e. The van der Waals surface area contributed by atoms with Crippen molar-refractivity contribution in [2.75, 3.05) is 0 Å². The fraction of sp³-hybridized carbons (Fsp3) is 0.364. The topological polar surface area (TPSA) is 17.1 Å². The second-order valence-corrected chi connectivity index (χ2v) is 4.60. The normalized spacial score (nSPS) is 11.4. The maximum atomic E-state index is 11.3. The van der Waals surface area contributed by atoms with E-state index in [0.29, 0.717) is 0 Å². The number of hydrogen-bond donors (Lipinski definition) is 0. The summed E-state index contributed by atoms with van der Waals surface area (Å²) in [7, 11) is 0. The molecule has 0 amide bonds. The Kier molecular flexibility index (Phi) is 2.91. The largest absolute Gasteiger partial charge is 0.299 e. The van der Waals surface area contributed by atoms with Crippen LogP contribution in [0.2, 0.25) is 0 Å². The van der Waals surface area contributed by atoms with E-state index < -0.39 is 0 Å². The van der Waals surface area contributed by atoms with Gasteiger partial charge in [0.15, 0.2) is 0 Å². The summed E-state index contributed by atoms with van der Waals surface area (Å²) < 4.78 is 1.04. The Hall–Kier alpha value is -0.630. The van der Waals surface area contributed by atoms with Gasteiger partial charge in [0.1, 0.15) is 5.78 Å². The van der Waals surface area contributed by atoms with Crippen molar-refractivity contribution in [3.63, 3.8) is 0 Å². The molecule has 0 saturated heterocycles. The van der Waals surface area contributed by atoms with Crippen molar-refractivity contribution in [1.82, 2.24) is 0 Å². The first-order valence-corrected chi connectivity index (χ1v) is 5.01. The third kappa shape index (κ3) is 2.19. The van der Waals surface area contributed by atoms with E-state index in [-0.39, 0.29) is 11.2 Å². The Morgan fingerprint density at radius 2 is 1.69 bits per heavy atom. The van der Waals surface area contributed by atoms with E-state index in [2.05, 4.69) is 15.9 Å². The molecule has 0 saturated carbocycles. The van der Waals surface area contributed by atoms with Crippen LogP contribution in [0.1, 0.15) is 26.3 Å². The van der Waals surface area contributed by atoms with Crippen LogP contribution in [-0.4, -0.2) is 5.78 Å². The van der Waals surface area contributed by atoms with Crippen molar-refractivity contribution < 1.29 is 4.79 Å². The second kappa shape index (κ2) is 3.62. The van der Waals surface area contributed by atoms with Crippen LogP contribution in [0.25, 0.3) is 0 Å². The monoisotopic (exact) mass is 240 g/mol. The molecule has 0 atom stereocenters.